The lowest BCUT2D eigenvalue weighted by atomic mass is 9.95. The van der Waals surface area contributed by atoms with Gasteiger partial charge in [-0.25, -0.2) is 9.98 Å². The van der Waals surface area contributed by atoms with Gasteiger partial charge in [-0.3, -0.25) is 4.99 Å². The second-order valence-corrected chi connectivity index (χ2v) is 14.1. The Morgan fingerprint density at radius 1 is 0.479 bits per heavy atom. The number of aromatic amines is 1. The summed E-state index contributed by atoms with van der Waals surface area (Å²) in [4.78, 5) is 18.9. The lowest BCUT2D eigenvalue weighted by Crippen LogP contribution is -2.09. The van der Waals surface area contributed by atoms with Crippen LogP contribution in [0.3, 0.4) is 0 Å². The predicted molar refractivity (Wildman–Crippen MR) is 214 cm³/mol. The molecule has 8 rings (SSSR count). The van der Waals surface area contributed by atoms with E-state index in [4.69, 9.17) is 15.0 Å². The molecule has 7 aromatic rings. The zero-order valence-corrected chi connectivity index (χ0v) is 30.0. The number of imidazole rings is 1. The number of halogens is 2. The number of amidine groups is 1. The highest BCUT2D eigenvalue weighted by Crippen LogP contribution is 2.35. The molecule has 230 valence electrons. The highest BCUT2D eigenvalue weighted by atomic mass is 127. The van der Waals surface area contributed by atoms with Crippen LogP contribution >= 0.6 is 45.2 Å². The Labute approximate surface area is 307 Å². The van der Waals surface area contributed by atoms with E-state index in [1.807, 2.05) is 12.1 Å². The van der Waals surface area contributed by atoms with E-state index in [1.165, 1.54) is 7.14 Å². The van der Waals surface area contributed by atoms with Gasteiger partial charge in [-0.05, 0) is 91.7 Å². The average Bonchev–Trinajstić information content (AvgIpc) is 3.79. The minimum absolute atomic E-state index is 0.151. The first kappa shape index (κ1) is 30.7. The molecule has 0 saturated carbocycles. The summed E-state index contributed by atoms with van der Waals surface area (Å²) in [5, 5.41) is 0. The monoisotopic (exact) mass is 842 g/mol. The third-order valence-corrected chi connectivity index (χ3v) is 9.81. The minimum Gasteiger partial charge on any atom is -0.337 e. The number of aromatic nitrogens is 2. The van der Waals surface area contributed by atoms with Gasteiger partial charge >= 0.3 is 0 Å². The Morgan fingerprint density at radius 3 is 1.67 bits per heavy atom. The van der Waals surface area contributed by atoms with Crippen molar-refractivity contribution in [3.05, 3.63) is 182 Å². The SMILES string of the molecule is Ic1cccc(C2=NC(c3ccccc3)C(c3ccc(-c4ccc(-c5[nH]c(-c6cccc(I)c6)nc5-c5ccccc5)cc4)cc3)=N2)c1. The van der Waals surface area contributed by atoms with E-state index in [9.17, 15) is 0 Å². The molecule has 48 heavy (non-hydrogen) atoms. The quantitative estimate of drug-likeness (QED) is 0.160. The third kappa shape index (κ3) is 6.30. The van der Waals surface area contributed by atoms with Gasteiger partial charge in [0.05, 0.1) is 17.1 Å². The topological polar surface area (TPSA) is 53.4 Å². The van der Waals surface area contributed by atoms with Gasteiger partial charge in [0.2, 0.25) is 0 Å². The maximum atomic E-state index is 5.10. The molecular formula is C42H28I2N4. The molecule has 1 aromatic heterocycles. The predicted octanol–water partition coefficient (Wildman–Crippen LogP) is 11.3. The Balaban J connectivity index is 1.10. The summed E-state index contributed by atoms with van der Waals surface area (Å²) >= 11 is 4.69. The zero-order chi connectivity index (χ0) is 32.5. The fraction of sp³-hybridized carbons (Fsp3) is 0.0238. The van der Waals surface area contributed by atoms with Gasteiger partial charge in [0.15, 0.2) is 5.84 Å². The molecule has 0 bridgehead atoms. The van der Waals surface area contributed by atoms with Gasteiger partial charge in [-0.2, -0.15) is 0 Å². The Bertz CT molecular complexity index is 2290. The lowest BCUT2D eigenvalue weighted by molar-refractivity contribution is 0.986. The van der Waals surface area contributed by atoms with Crippen LogP contribution in [0, 0.1) is 7.14 Å². The number of H-pyrrole nitrogens is 1. The van der Waals surface area contributed by atoms with Crippen molar-refractivity contribution in [1.29, 1.82) is 0 Å². The van der Waals surface area contributed by atoms with Crippen LogP contribution in [-0.2, 0) is 0 Å². The molecule has 0 aliphatic carbocycles. The standard InChI is InChI=1S/C42H28I2N4/c43-35-15-7-13-33(25-35)41-45-37(29-9-3-1-4-10-29)39(47-41)31-21-17-27(18-22-31)28-19-23-32(24-20-28)40-38(30-11-5-2-6-12-30)46-42(48-40)34-14-8-16-36(44)26-34/h1-26,37H,(H,46,48). The number of aliphatic imine (C=N–C) groups is 2. The van der Waals surface area contributed by atoms with E-state index in [2.05, 4.69) is 196 Å². The maximum absolute atomic E-state index is 5.10. The van der Waals surface area contributed by atoms with Crippen molar-refractivity contribution >= 4 is 56.7 Å². The first-order valence-corrected chi connectivity index (χ1v) is 17.8. The van der Waals surface area contributed by atoms with Crippen molar-refractivity contribution in [2.24, 2.45) is 9.98 Å². The van der Waals surface area contributed by atoms with Crippen LogP contribution in [0.2, 0.25) is 0 Å². The minimum atomic E-state index is -0.151. The molecule has 4 nitrogen and oxygen atoms in total. The smallest absolute Gasteiger partial charge is 0.155 e. The number of nitrogens with one attached hydrogen (secondary N) is 1. The zero-order valence-electron chi connectivity index (χ0n) is 25.7. The lowest BCUT2D eigenvalue weighted by Gasteiger charge is -2.12. The van der Waals surface area contributed by atoms with Crippen molar-refractivity contribution in [3.8, 4) is 45.0 Å². The molecule has 0 saturated heterocycles. The van der Waals surface area contributed by atoms with Gasteiger partial charge in [-0.15, -0.1) is 0 Å². The molecule has 6 aromatic carbocycles. The summed E-state index contributed by atoms with van der Waals surface area (Å²) in [7, 11) is 0. The van der Waals surface area contributed by atoms with E-state index in [0.29, 0.717) is 0 Å². The number of rotatable bonds is 7. The van der Waals surface area contributed by atoms with Gasteiger partial charge in [-0.1, -0.05) is 133 Å². The molecule has 0 amide bonds. The highest BCUT2D eigenvalue weighted by Gasteiger charge is 2.26. The van der Waals surface area contributed by atoms with Gasteiger partial charge in [0, 0.05) is 29.4 Å². The summed E-state index contributed by atoms with van der Waals surface area (Å²) in [5.41, 5.74) is 11.7. The van der Waals surface area contributed by atoms with E-state index in [-0.39, 0.29) is 6.04 Å². The molecule has 1 atom stereocenters. The second-order valence-electron chi connectivity index (χ2n) is 11.6. The Kier molecular flexibility index (Phi) is 8.59. The van der Waals surface area contributed by atoms with Gasteiger partial charge in [0.1, 0.15) is 11.9 Å². The molecule has 1 N–H and O–H groups in total. The van der Waals surface area contributed by atoms with E-state index in [1.54, 1.807) is 0 Å². The molecule has 0 spiro atoms. The number of nitrogens with zero attached hydrogens (tertiary/aromatic N) is 3. The van der Waals surface area contributed by atoms with Crippen molar-refractivity contribution < 1.29 is 0 Å². The maximum Gasteiger partial charge on any atom is 0.155 e. The van der Waals surface area contributed by atoms with Gasteiger partial charge < -0.3 is 4.98 Å². The van der Waals surface area contributed by atoms with Crippen LogP contribution in [0.1, 0.15) is 22.7 Å². The second kappa shape index (κ2) is 13.4. The Morgan fingerprint density at radius 2 is 1.02 bits per heavy atom. The van der Waals surface area contributed by atoms with E-state index < -0.39 is 0 Å². The van der Waals surface area contributed by atoms with E-state index >= 15 is 0 Å². The normalized spacial score (nSPS) is 14.1. The summed E-state index contributed by atoms with van der Waals surface area (Å²) in [6.07, 6.45) is 0. The van der Waals surface area contributed by atoms with Gasteiger partial charge in [0.25, 0.3) is 0 Å². The fourth-order valence-corrected chi connectivity index (χ4v) is 7.15. The van der Waals surface area contributed by atoms with Crippen LogP contribution in [0.5, 0.6) is 0 Å². The van der Waals surface area contributed by atoms with Crippen molar-refractivity contribution in [2.75, 3.05) is 0 Å². The summed E-state index contributed by atoms with van der Waals surface area (Å²) in [5.74, 6) is 1.63. The molecule has 1 aliphatic rings. The summed E-state index contributed by atoms with van der Waals surface area (Å²) in [6.45, 7) is 0. The molecule has 1 aliphatic heterocycles. The molecule has 0 fully saturated rings. The number of benzene rings is 6. The van der Waals surface area contributed by atoms with Crippen LogP contribution in [0.25, 0.3) is 45.0 Å². The fourth-order valence-electron chi connectivity index (χ4n) is 6.07. The molecule has 0 radical (unpaired) electrons. The summed E-state index contributed by atoms with van der Waals surface area (Å²) < 4.78 is 2.34. The van der Waals surface area contributed by atoms with Crippen LogP contribution in [-0.4, -0.2) is 21.5 Å². The van der Waals surface area contributed by atoms with Crippen molar-refractivity contribution in [2.45, 2.75) is 6.04 Å². The third-order valence-electron chi connectivity index (χ3n) is 8.47. The molecule has 6 heteroatoms. The van der Waals surface area contributed by atoms with Crippen LogP contribution in [0.15, 0.2) is 168 Å². The highest BCUT2D eigenvalue weighted by molar-refractivity contribution is 14.1. The Hall–Kier alpha value is -4.67. The average molecular weight is 843 g/mol. The van der Waals surface area contributed by atoms with Crippen LogP contribution in [0.4, 0.5) is 0 Å². The molecular weight excluding hydrogens is 814 g/mol. The largest absolute Gasteiger partial charge is 0.337 e. The first-order valence-electron chi connectivity index (χ1n) is 15.7. The summed E-state index contributed by atoms with van der Waals surface area (Å²) in [6, 6.07) is 54.8. The number of hydrogen-bond acceptors (Lipinski definition) is 3. The molecule has 1 unspecified atom stereocenters. The van der Waals surface area contributed by atoms with Crippen molar-refractivity contribution in [3.63, 3.8) is 0 Å². The van der Waals surface area contributed by atoms with Crippen molar-refractivity contribution in [1.82, 2.24) is 9.97 Å². The number of hydrogen-bond donors (Lipinski definition) is 1. The first-order chi connectivity index (χ1) is 23.6. The van der Waals surface area contributed by atoms with Crippen LogP contribution < -0.4 is 0 Å². The van der Waals surface area contributed by atoms with E-state index in [0.717, 1.165) is 73.3 Å². The molecule has 2 heterocycles.